The minimum absolute atomic E-state index is 0.0599. The molecule has 2 aliphatic carbocycles. The van der Waals surface area contributed by atoms with Gasteiger partial charge in [-0.25, -0.2) is 6.57 Å². The Morgan fingerprint density at radius 3 is 2.76 bits per heavy atom. The van der Waals surface area contributed by atoms with Gasteiger partial charge in [-0.2, -0.15) is 9.97 Å². The fraction of sp³-hybridized carbons (Fsp3) is 0.514. The topological polar surface area (TPSA) is 75.4 Å². The van der Waals surface area contributed by atoms with Crippen LogP contribution in [0.15, 0.2) is 49.1 Å². The lowest BCUT2D eigenvalue weighted by Crippen LogP contribution is -2.56. The summed E-state index contributed by atoms with van der Waals surface area (Å²) in [4.78, 5) is 32.7. The SMILES string of the molecule is [C-]#[N+]C[C@H]1CN(c2nc(OC[C@H](C)OC3CCCC34CC4)nc3c2CCN(c2cccc4cccc(C)c24)C3)CCN1C(=O)C=C. The highest BCUT2D eigenvalue weighted by Crippen LogP contribution is 2.59. The van der Waals surface area contributed by atoms with Gasteiger partial charge in [0.2, 0.25) is 12.5 Å². The van der Waals surface area contributed by atoms with Gasteiger partial charge in [-0.15, -0.1) is 0 Å². The van der Waals surface area contributed by atoms with Crippen molar-refractivity contribution in [1.82, 2.24) is 14.9 Å². The van der Waals surface area contributed by atoms with Crippen molar-refractivity contribution in [2.24, 2.45) is 5.41 Å². The quantitative estimate of drug-likeness (QED) is 0.223. The van der Waals surface area contributed by atoms with Crippen LogP contribution >= 0.6 is 0 Å². The molecule has 3 heterocycles. The number of nitrogens with zero attached hydrogens (tertiary/aromatic N) is 6. The van der Waals surface area contributed by atoms with Crippen molar-refractivity contribution in [3.05, 3.63) is 77.3 Å². The van der Waals surface area contributed by atoms with Crippen molar-refractivity contribution in [2.45, 2.75) is 77.2 Å². The largest absolute Gasteiger partial charge is 0.461 e. The van der Waals surface area contributed by atoms with E-state index >= 15 is 0 Å². The molecule has 2 aromatic carbocycles. The van der Waals surface area contributed by atoms with E-state index in [4.69, 9.17) is 26.0 Å². The summed E-state index contributed by atoms with van der Waals surface area (Å²) in [5.74, 6) is 0.725. The molecule has 3 fully saturated rings. The molecule has 9 nitrogen and oxygen atoms in total. The highest BCUT2D eigenvalue weighted by molar-refractivity contribution is 5.97. The summed E-state index contributed by atoms with van der Waals surface area (Å²) in [6, 6.07) is 13.1. The molecule has 2 aliphatic heterocycles. The number of carbonyl (C=O) groups is 1. The Balaban J connectivity index is 1.17. The zero-order valence-electron chi connectivity index (χ0n) is 27.1. The Hall–Kier alpha value is -4.16. The number of rotatable bonds is 9. The van der Waals surface area contributed by atoms with E-state index < -0.39 is 0 Å². The molecule has 3 atom stereocenters. The number of aryl methyl sites for hydroxylation is 1. The molecule has 1 amide bonds. The molecule has 3 aromatic rings. The van der Waals surface area contributed by atoms with E-state index in [1.54, 1.807) is 4.90 Å². The smallest absolute Gasteiger partial charge is 0.318 e. The number of carbonyl (C=O) groups excluding carboxylic acids is 1. The van der Waals surface area contributed by atoms with Crippen LogP contribution < -0.4 is 14.5 Å². The first kappa shape index (κ1) is 30.5. The Morgan fingerprint density at radius 2 is 1.98 bits per heavy atom. The molecule has 0 N–H and O–H groups in total. The fourth-order valence-electron chi connectivity index (χ4n) is 7.97. The van der Waals surface area contributed by atoms with Gasteiger partial charge in [0.1, 0.15) is 18.5 Å². The van der Waals surface area contributed by atoms with Gasteiger partial charge in [0.25, 0.3) is 0 Å². The number of hydrogen-bond donors (Lipinski definition) is 0. The Kier molecular flexibility index (Phi) is 8.33. The average Bonchev–Trinajstić information content (AvgIpc) is 3.76. The van der Waals surface area contributed by atoms with Crippen molar-refractivity contribution >= 4 is 28.2 Å². The van der Waals surface area contributed by atoms with Gasteiger partial charge in [0, 0.05) is 42.8 Å². The summed E-state index contributed by atoms with van der Waals surface area (Å²) in [6.45, 7) is 19.2. The number of anilines is 2. The highest BCUT2D eigenvalue weighted by Gasteiger charge is 2.53. The lowest BCUT2D eigenvalue weighted by atomic mass is 9.99. The van der Waals surface area contributed by atoms with E-state index in [0.717, 1.165) is 36.5 Å². The third-order valence-corrected chi connectivity index (χ3v) is 10.6. The molecule has 9 heteroatoms. The molecule has 1 saturated heterocycles. The number of benzene rings is 2. The molecule has 1 unspecified atom stereocenters. The van der Waals surface area contributed by atoms with Crippen molar-refractivity contribution in [3.8, 4) is 6.01 Å². The van der Waals surface area contributed by atoms with Crippen LogP contribution in [-0.4, -0.2) is 78.4 Å². The van der Waals surface area contributed by atoms with Crippen LogP contribution in [0.25, 0.3) is 15.6 Å². The van der Waals surface area contributed by atoms with Gasteiger partial charge < -0.3 is 29.0 Å². The summed E-state index contributed by atoms with van der Waals surface area (Å²) in [6.07, 6.45) is 8.65. The number of fused-ring (bicyclic) bond motifs is 2. The monoisotopic (exact) mass is 620 g/mol. The zero-order valence-corrected chi connectivity index (χ0v) is 27.1. The maximum atomic E-state index is 12.6. The summed E-state index contributed by atoms with van der Waals surface area (Å²) in [5, 5.41) is 2.51. The lowest BCUT2D eigenvalue weighted by Gasteiger charge is -2.41. The van der Waals surface area contributed by atoms with Gasteiger partial charge in [-0.3, -0.25) is 4.79 Å². The average molecular weight is 621 g/mol. The molecule has 46 heavy (non-hydrogen) atoms. The second-order valence-corrected chi connectivity index (χ2v) is 13.6. The predicted octanol–water partition coefficient (Wildman–Crippen LogP) is 5.74. The van der Waals surface area contributed by atoms with E-state index in [9.17, 15) is 4.79 Å². The maximum Gasteiger partial charge on any atom is 0.318 e. The van der Waals surface area contributed by atoms with Crippen molar-refractivity contribution in [2.75, 3.05) is 49.1 Å². The standard InChI is InChI=1S/C37H44N6O3/c1-5-33(44)43-20-19-42(22-28(43)21-38-4)35-29-14-18-41(31-12-7-11-27-10-6-9-25(2)34(27)31)23-30(29)39-36(40-35)45-24-26(3)46-32-13-8-15-37(32)16-17-37/h5-7,9-12,26,28,32H,1,8,13-24H2,2-3H3/t26-,28-,32?/m0/s1. The van der Waals surface area contributed by atoms with Crippen LogP contribution in [0.3, 0.4) is 0 Å². The first-order valence-electron chi connectivity index (χ1n) is 16.8. The zero-order chi connectivity index (χ0) is 31.8. The molecule has 7 rings (SSSR count). The third-order valence-electron chi connectivity index (χ3n) is 10.6. The predicted molar refractivity (Wildman–Crippen MR) is 180 cm³/mol. The van der Waals surface area contributed by atoms with Crippen LogP contribution in [-0.2, 0) is 22.5 Å². The van der Waals surface area contributed by atoms with E-state index in [2.05, 4.69) is 71.5 Å². The van der Waals surface area contributed by atoms with Crippen LogP contribution in [0.1, 0.15) is 55.8 Å². The Morgan fingerprint density at radius 1 is 1.15 bits per heavy atom. The summed E-state index contributed by atoms with van der Waals surface area (Å²) < 4.78 is 12.8. The van der Waals surface area contributed by atoms with E-state index in [-0.39, 0.29) is 24.6 Å². The number of ether oxygens (including phenoxy) is 2. The van der Waals surface area contributed by atoms with Gasteiger partial charge >= 0.3 is 6.01 Å². The highest BCUT2D eigenvalue weighted by atomic mass is 16.5. The number of hydrogen-bond acceptors (Lipinski definition) is 7. The van der Waals surface area contributed by atoms with Crippen LogP contribution in [0.5, 0.6) is 6.01 Å². The molecule has 0 radical (unpaired) electrons. The van der Waals surface area contributed by atoms with Crippen molar-refractivity contribution in [1.29, 1.82) is 0 Å². The van der Waals surface area contributed by atoms with E-state index in [1.165, 1.54) is 53.8 Å². The lowest BCUT2D eigenvalue weighted by molar-refractivity contribution is -0.128. The minimum atomic E-state index is -0.236. The summed E-state index contributed by atoms with van der Waals surface area (Å²) in [5.41, 5.74) is 4.98. The summed E-state index contributed by atoms with van der Waals surface area (Å²) in [7, 11) is 0. The van der Waals surface area contributed by atoms with Crippen LogP contribution in [0, 0.1) is 18.9 Å². The fourth-order valence-corrected chi connectivity index (χ4v) is 7.97. The molecule has 2 saturated carbocycles. The van der Waals surface area contributed by atoms with Crippen LogP contribution in [0.4, 0.5) is 11.5 Å². The number of amides is 1. The summed E-state index contributed by atoms with van der Waals surface area (Å²) >= 11 is 0. The molecule has 1 spiro atoms. The molecular formula is C37H44N6O3. The van der Waals surface area contributed by atoms with Crippen molar-refractivity contribution in [3.63, 3.8) is 0 Å². The maximum absolute atomic E-state index is 12.6. The second-order valence-electron chi connectivity index (χ2n) is 13.6. The Labute approximate surface area is 272 Å². The number of piperazine rings is 1. The molecule has 4 aliphatic rings. The normalized spacial score (nSPS) is 22.4. The number of aromatic nitrogens is 2. The van der Waals surface area contributed by atoms with Gasteiger partial charge in [0.15, 0.2) is 0 Å². The van der Waals surface area contributed by atoms with Crippen LogP contribution in [0.2, 0.25) is 0 Å². The second kappa shape index (κ2) is 12.6. The third kappa shape index (κ3) is 5.79. The van der Waals surface area contributed by atoms with Gasteiger partial charge in [-0.05, 0) is 74.5 Å². The van der Waals surface area contributed by atoms with Gasteiger partial charge in [-0.1, -0.05) is 43.3 Å². The molecule has 0 bridgehead atoms. The Bertz CT molecular complexity index is 1670. The van der Waals surface area contributed by atoms with Gasteiger partial charge in [0.05, 0.1) is 24.4 Å². The first-order valence-corrected chi connectivity index (χ1v) is 16.8. The minimum Gasteiger partial charge on any atom is -0.461 e. The van der Waals surface area contributed by atoms with E-state index in [0.29, 0.717) is 50.3 Å². The first-order chi connectivity index (χ1) is 22.4. The van der Waals surface area contributed by atoms with E-state index in [1.807, 2.05) is 0 Å². The molecule has 240 valence electrons. The molecular weight excluding hydrogens is 576 g/mol. The van der Waals surface area contributed by atoms with Crippen molar-refractivity contribution < 1.29 is 14.3 Å². The molecule has 1 aromatic heterocycles.